The van der Waals surface area contributed by atoms with Crippen LogP contribution in [0.4, 0.5) is 0 Å². The number of nitrogens with one attached hydrogen (secondary N) is 1. The first-order valence-corrected chi connectivity index (χ1v) is 7.12. The maximum atomic E-state index is 12.0. The molecule has 1 heterocycles. The van der Waals surface area contributed by atoms with E-state index in [9.17, 15) is 4.79 Å². The van der Waals surface area contributed by atoms with Crippen LogP contribution >= 0.6 is 0 Å². The summed E-state index contributed by atoms with van der Waals surface area (Å²) < 4.78 is 5.68. The fourth-order valence-corrected chi connectivity index (χ4v) is 2.85. The van der Waals surface area contributed by atoms with Crippen molar-refractivity contribution < 1.29 is 9.53 Å². The molecule has 0 amide bonds. The Balaban J connectivity index is 1.77. The van der Waals surface area contributed by atoms with Gasteiger partial charge in [-0.3, -0.25) is 4.79 Å². The Morgan fingerprint density at radius 1 is 1.41 bits per heavy atom. The van der Waals surface area contributed by atoms with Gasteiger partial charge in [-0.2, -0.15) is 0 Å². The van der Waals surface area contributed by atoms with Crippen LogP contribution in [-0.4, -0.2) is 25.2 Å². The molecular formula is C14H25NO2. The average Bonchev–Trinajstić information content (AvgIpc) is 2.27. The molecule has 3 heteroatoms. The Morgan fingerprint density at radius 2 is 2.18 bits per heavy atom. The highest BCUT2D eigenvalue weighted by atomic mass is 16.5. The van der Waals surface area contributed by atoms with Crippen molar-refractivity contribution in [3.8, 4) is 0 Å². The molecule has 0 aromatic rings. The van der Waals surface area contributed by atoms with Gasteiger partial charge in [0.05, 0.1) is 5.92 Å². The summed E-state index contributed by atoms with van der Waals surface area (Å²) in [5, 5.41) is 3.21. The minimum absolute atomic E-state index is 0.0262. The molecule has 3 unspecified atom stereocenters. The van der Waals surface area contributed by atoms with Crippen molar-refractivity contribution in [1.82, 2.24) is 5.32 Å². The van der Waals surface area contributed by atoms with Crippen LogP contribution in [0.3, 0.4) is 0 Å². The second-order valence-corrected chi connectivity index (χ2v) is 5.71. The fourth-order valence-electron chi connectivity index (χ4n) is 2.85. The summed E-state index contributed by atoms with van der Waals surface area (Å²) in [7, 11) is 0. The minimum Gasteiger partial charge on any atom is -0.462 e. The number of hydrogen-bond donors (Lipinski definition) is 1. The lowest BCUT2D eigenvalue weighted by atomic mass is 9.85. The zero-order valence-corrected chi connectivity index (χ0v) is 11.1. The monoisotopic (exact) mass is 239 g/mol. The summed E-state index contributed by atoms with van der Waals surface area (Å²) in [5.74, 6) is 1.35. The molecule has 0 radical (unpaired) electrons. The van der Waals surface area contributed by atoms with E-state index in [1.165, 1.54) is 19.3 Å². The Morgan fingerprint density at radius 3 is 2.76 bits per heavy atom. The number of carbonyl (C=O) groups excluding carboxylic acids is 1. The van der Waals surface area contributed by atoms with E-state index in [4.69, 9.17) is 4.74 Å². The van der Waals surface area contributed by atoms with Gasteiger partial charge in [-0.15, -0.1) is 0 Å². The van der Waals surface area contributed by atoms with Gasteiger partial charge in [0.2, 0.25) is 0 Å². The predicted molar refractivity (Wildman–Crippen MR) is 67.7 cm³/mol. The van der Waals surface area contributed by atoms with Crippen LogP contribution in [0, 0.1) is 17.8 Å². The molecule has 2 aliphatic rings. The van der Waals surface area contributed by atoms with E-state index >= 15 is 0 Å². The van der Waals surface area contributed by atoms with Gasteiger partial charge in [0, 0.05) is 0 Å². The number of esters is 1. The van der Waals surface area contributed by atoms with E-state index in [1.54, 1.807) is 0 Å². The number of ether oxygens (including phenoxy) is 1. The average molecular weight is 239 g/mol. The maximum Gasteiger partial charge on any atom is 0.309 e. The predicted octanol–water partition coefficient (Wildman–Crippen LogP) is 2.35. The van der Waals surface area contributed by atoms with Crippen molar-refractivity contribution in [1.29, 1.82) is 0 Å². The van der Waals surface area contributed by atoms with E-state index < -0.39 is 0 Å². The Kier molecular flexibility index (Phi) is 4.43. The summed E-state index contributed by atoms with van der Waals surface area (Å²) in [6, 6.07) is 0. The Bertz CT molecular complexity index is 263. The zero-order valence-electron chi connectivity index (χ0n) is 11.1. The maximum absolute atomic E-state index is 12.0. The van der Waals surface area contributed by atoms with Crippen LogP contribution in [0.15, 0.2) is 0 Å². The highest BCUT2D eigenvalue weighted by Crippen LogP contribution is 2.29. The van der Waals surface area contributed by atoms with Crippen LogP contribution in [-0.2, 0) is 9.53 Å². The lowest BCUT2D eigenvalue weighted by Crippen LogP contribution is -2.48. The second-order valence-electron chi connectivity index (χ2n) is 5.71. The van der Waals surface area contributed by atoms with Gasteiger partial charge in [0.15, 0.2) is 0 Å². The third kappa shape index (κ3) is 3.21. The molecule has 98 valence electrons. The molecule has 2 rings (SSSR count). The number of hydrogen-bond acceptors (Lipinski definition) is 3. The second kappa shape index (κ2) is 5.85. The molecule has 3 nitrogen and oxygen atoms in total. The topological polar surface area (TPSA) is 38.3 Å². The quantitative estimate of drug-likeness (QED) is 0.765. The molecule has 2 fully saturated rings. The first-order valence-electron chi connectivity index (χ1n) is 7.12. The molecule has 1 N–H and O–H groups in total. The van der Waals surface area contributed by atoms with Crippen molar-refractivity contribution in [3.63, 3.8) is 0 Å². The van der Waals surface area contributed by atoms with Crippen molar-refractivity contribution in [2.24, 2.45) is 17.8 Å². The molecule has 1 aliphatic carbocycles. The summed E-state index contributed by atoms with van der Waals surface area (Å²) in [6.07, 6.45) is 6.09. The lowest BCUT2D eigenvalue weighted by Gasteiger charge is -2.33. The van der Waals surface area contributed by atoms with E-state index in [2.05, 4.69) is 12.2 Å². The molecular weight excluding hydrogens is 214 g/mol. The molecule has 1 saturated carbocycles. The normalized spacial score (nSPS) is 31.6. The highest BCUT2D eigenvalue weighted by Gasteiger charge is 2.32. The summed E-state index contributed by atoms with van der Waals surface area (Å²) in [5.41, 5.74) is 0. The first-order chi connectivity index (χ1) is 8.20. The van der Waals surface area contributed by atoms with Crippen molar-refractivity contribution in [3.05, 3.63) is 0 Å². The molecule has 1 saturated heterocycles. The van der Waals surface area contributed by atoms with Gasteiger partial charge in [0.1, 0.15) is 6.10 Å². The molecule has 0 bridgehead atoms. The number of carbonyl (C=O) groups is 1. The van der Waals surface area contributed by atoms with Crippen LogP contribution in [0.1, 0.15) is 46.0 Å². The van der Waals surface area contributed by atoms with E-state index in [1.807, 2.05) is 6.92 Å². The Labute approximate surface area is 104 Å². The summed E-state index contributed by atoms with van der Waals surface area (Å²) in [6.45, 7) is 6.18. The van der Waals surface area contributed by atoms with Gasteiger partial charge in [-0.1, -0.05) is 26.7 Å². The molecule has 0 aromatic carbocycles. The van der Waals surface area contributed by atoms with Gasteiger partial charge in [0.25, 0.3) is 0 Å². The molecule has 0 aromatic heterocycles. The van der Waals surface area contributed by atoms with Crippen LogP contribution in [0.5, 0.6) is 0 Å². The van der Waals surface area contributed by atoms with Gasteiger partial charge >= 0.3 is 5.97 Å². The standard InChI is InChI=1S/C14H25NO2/c1-3-11-5-4-6-13(7-11)17-14(16)10(2)12-8-15-9-12/h10-13,15H,3-9H2,1-2H3. The summed E-state index contributed by atoms with van der Waals surface area (Å²) >= 11 is 0. The van der Waals surface area contributed by atoms with Gasteiger partial charge < -0.3 is 10.1 Å². The SMILES string of the molecule is CCC1CCCC(OC(=O)C(C)C2CNC2)C1. The van der Waals surface area contributed by atoms with Crippen molar-refractivity contribution >= 4 is 5.97 Å². The minimum atomic E-state index is 0.0262. The molecule has 0 spiro atoms. The number of rotatable bonds is 4. The van der Waals surface area contributed by atoms with Crippen LogP contribution in [0.25, 0.3) is 0 Å². The first kappa shape index (κ1) is 12.9. The van der Waals surface area contributed by atoms with Crippen molar-refractivity contribution in [2.75, 3.05) is 13.1 Å². The smallest absolute Gasteiger partial charge is 0.309 e. The summed E-state index contributed by atoms with van der Waals surface area (Å²) in [4.78, 5) is 12.0. The van der Waals surface area contributed by atoms with E-state index in [0.29, 0.717) is 5.92 Å². The van der Waals surface area contributed by atoms with E-state index in [0.717, 1.165) is 31.8 Å². The highest BCUT2D eigenvalue weighted by molar-refractivity contribution is 5.72. The lowest BCUT2D eigenvalue weighted by molar-refractivity contribution is -0.158. The third-order valence-corrected chi connectivity index (χ3v) is 4.49. The molecule has 1 aliphatic heterocycles. The largest absolute Gasteiger partial charge is 0.462 e. The molecule has 3 atom stereocenters. The van der Waals surface area contributed by atoms with Gasteiger partial charge in [-0.25, -0.2) is 0 Å². The third-order valence-electron chi connectivity index (χ3n) is 4.49. The molecule has 17 heavy (non-hydrogen) atoms. The zero-order chi connectivity index (χ0) is 12.3. The van der Waals surface area contributed by atoms with Crippen molar-refractivity contribution in [2.45, 2.75) is 52.1 Å². The van der Waals surface area contributed by atoms with Crippen LogP contribution < -0.4 is 5.32 Å². The Hall–Kier alpha value is -0.570. The van der Waals surface area contributed by atoms with E-state index in [-0.39, 0.29) is 18.0 Å². The van der Waals surface area contributed by atoms with Gasteiger partial charge in [-0.05, 0) is 44.2 Å². The fraction of sp³-hybridized carbons (Fsp3) is 0.929. The van der Waals surface area contributed by atoms with Crippen LogP contribution in [0.2, 0.25) is 0 Å².